The van der Waals surface area contributed by atoms with Crippen LogP contribution in [-0.4, -0.2) is 27.0 Å². The molecule has 5 nitrogen and oxygen atoms in total. The smallest absolute Gasteiger partial charge is 0.253 e. The molecule has 2 aliphatic carbocycles. The second-order valence-corrected chi connectivity index (χ2v) is 11.5. The minimum Gasteiger partial charge on any atom is -0.352 e. The van der Waals surface area contributed by atoms with E-state index in [0.717, 1.165) is 58.3 Å². The summed E-state index contributed by atoms with van der Waals surface area (Å²) in [7, 11) is 0. The fraction of sp³-hybridized carbons (Fsp3) is 0.516. The maximum atomic E-state index is 13.3. The second-order valence-electron chi connectivity index (χ2n) is 10.7. The fourth-order valence-corrected chi connectivity index (χ4v) is 6.65. The van der Waals surface area contributed by atoms with E-state index in [4.69, 9.17) is 4.98 Å². The van der Waals surface area contributed by atoms with E-state index in [1.54, 1.807) is 11.3 Å². The van der Waals surface area contributed by atoms with E-state index < -0.39 is 0 Å². The van der Waals surface area contributed by atoms with E-state index in [0.29, 0.717) is 12.5 Å². The van der Waals surface area contributed by atoms with Gasteiger partial charge < -0.3 is 9.88 Å². The summed E-state index contributed by atoms with van der Waals surface area (Å²) in [5.74, 6) is 0.702. The molecule has 196 valence electrons. The zero-order valence-electron chi connectivity index (χ0n) is 22.4. The van der Waals surface area contributed by atoms with Crippen molar-refractivity contribution in [3.63, 3.8) is 0 Å². The summed E-state index contributed by atoms with van der Waals surface area (Å²) in [5, 5.41) is 6.35. The van der Waals surface area contributed by atoms with Crippen molar-refractivity contribution in [3.8, 4) is 22.0 Å². The van der Waals surface area contributed by atoms with Gasteiger partial charge in [0.25, 0.3) is 5.91 Å². The van der Waals surface area contributed by atoms with Crippen molar-refractivity contribution >= 4 is 17.2 Å². The molecule has 3 heterocycles. The first-order valence-electron chi connectivity index (χ1n) is 14.2. The average molecular weight is 517 g/mol. The third kappa shape index (κ3) is 6.23. The van der Waals surface area contributed by atoms with Gasteiger partial charge in [-0.15, -0.1) is 11.3 Å². The molecule has 0 unspecified atom stereocenters. The molecule has 1 amide bonds. The molecule has 0 bridgehead atoms. The van der Waals surface area contributed by atoms with Gasteiger partial charge in [-0.3, -0.25) is 9.78 Å². The molecule has 0 saturated heterocycles. The number of allylic oxidation sites excluding steroid dienone is 1. The summed E-state index contributed by atoms with van der Waals surface area (Å²) < 4.78 is 2.37. The summed E-state index contributed by atoms with van der Waals surface area (Å²) in [6, 6.07) is 6.25. The number of nitrogens with one attached hydrogen (secondary N) is 1. The number of hydrogen-bond donors (Lipinski definition) is 1. The monoisotopic (exact) mass is 516 g/mol. The van der Waals surface area contributed by atoms with Crippen LogP contribution < -0.4 is 5.32 Å². The molecular weight excluding hydrogens is 476 g/mol. The van der Waals surface area contributed by atoms with Crippen molar-refractivity contribution in [1.82, 2.24) is 19.9 Å². The maximum absolute atomic E-state index is 13.3. The van der Waals surface area contributed by atoms with E-state index in [2.05, 4.69) is 52.3 Å². The van der Waals surface area contributed by atoms with Gasteiger partial charge in [-0.1, -0.05) is 37.8 Å². The lowest BCUT2D eigenvalue weighted by molar-refractivity contribution is 0.0953. The van der Waals surface area contributed by atoms with Crippen LogP contribution in [0, 0.1) is 12.8 Å². The van der Waals surface area contributed by atoms with Crippen LogP contribution in [-0.2, 0) is 13.0 Å². The number of hydrogen-bond acceptors (Lipinski definition) is 4. The van der Waals surface area contributed by atoms with Crippen LogP contribution in [0.15, 0.2) is 41.4 Å². The molecule has 0 aromatic carbocycles. The van der Waals surface area contributed by atoms with Crippen molar-refractivity contribution < 1.29 is 4.79 Å². The maximum Gasteiger partial charge on any atom is 0.253 e. The number of rotatable bonds is 9. The van der Waals surface area contributed by atoms with Crippen molar-refractivity contribution in [2.24, 2.45) is 5.92 Å². The van der Waals surface area contributed by atoms with Gasteiger partial charge in [0.15, 0.2) is 0 Å². The number of aromatic nitrogens is 3. The van der Waals surface area contributed by atoms with Crippen molar-refractivity contribution in [1.29, 1.82) is 0 Å². The summed E-state index contributed by atoms with van der Waals surface area (Å²) >= 11 is 1.67. The molecule has 1 N–H and O–H groups in total. The number of aryl methyl sites for hydroxylation is 1. The zero-order valence-corrected chi connectivity index (χ0v) is 23.2. The number of amides is 1. The Hall–Kier alpha value is -2.73. The van der Waals surface area contributed by atoms with Crippen LogP contribution in [0.3, 0.4) is 0 Å². The number of nitrogens with zero attached hydrogens (tertiary/aromatic N) is 3. The highest BCUT2D eigenvalue weighted by molar-refractivity contribution is 7.13. The predicted octanol–water partition coefficient (Wildman–Crippen LogP) is 7.75. The highest BCUT2D eigenvalue weighted by Crippen LogP contribution is 2.34. The van der Waals surface area contributed by atoms with E-state index in [9.17, 15) is 4.79 Å². The van der Waals surface area contributed by atoms with Gasteiger partial charge in [-0.05, 0) is 82.4 Å². The van der Waals surface area contributed by atoms with Gasteiger partial charge in [0.05, 0.1) is 17.0 Å². The first-order chi connectivity index (χ1) is 18.1. The largest absolute Gasteiger partial charge is 0.352 e. The van der Waals surface area contributed by atoms with Gasteiger partial charge in [0, 0.05) is 41.6 Å². The molecule has 3 aromatic heterocycles. The van der Waals surface area contributed by atoms with Crippen LogP contribution in [0.25, 0.3) is 22.0 Å². The van der Waals surface area contributed by atoms with E-state index in [1.165, 1.54) is 63.4 Å². The molecule has 0 atom stereocenters. The molecule has 0 aliphatic heterocycles. The van der Waals surface area contributed by atoms with Crippen LogP contribution in [0.4, 0.5) is 0 Å². The van der Waals surface area contributed by atoms with Gasteiger partial charge in [0.2, 0.25) is 0 Å². The molecule has 1 saturated carbocycles. The SMILES string of the molecule is CCc1cc(-c2nc(-c3cc(C(=O)NCCC4=CCCCC4)c(C)n3CC3CCCCC3)cs2)ccn1. The lowest BCUT2D eigenvalue weighted by Crippen LogP contribution is -2.25. The third-order valence-corrected chi connectivity index (χ3v) is 8.98. The number of carbonyl (C=O) groups is 1. The van der Waals surface area contributed by atoms with E-state index in [1.807, 2.05) is 12.3 Å². The highest BCUT2D eigenvalue weighted by Gasteiger charge is 2.23. The average Bonchev–Trinajstić information content (AvgIpc) is 3.55. The fourth-order valence-electron chi connectivity index (χ4n) is 5.84. The summed E-state index contributed by atoms with van der Waals surface area (Å²) in [4.78, 5) is 22.8. The lowest BCUT2D eigenvalue weighted by Gasteiger charge is -2.24. The van der Waals surface area contributed by atoms with Gasteiger partial charge in [0.1, 0.15) is 5.01 Å². The molecule has 6 heteroatoms. The lowest BCUT2D eigenvalue weighted by atomic mass is 9.89. The Labute approximate surface area is 225 Å². The van der Waals surface area contributed by atoms with Crippen LogP contribution in [0.5, 0.6) is 0 Å². The molecular formula is C31H40N4OS. The minimum atomic E-state index is 0.0368. The van der Waals surface area contributed by atoms with E-state index in [-0.39, 0.29) is 5.91 Å². The molecule has 1 fully saturated rings. The first-order valence-corrected chi connectivity index (χ1v) is 15.1. The molecule has 5 rings (SSSR count). The van der Waals surface area contributed by atoms with Crippen LogP contribution in [0.2, 0.25) is 0 Å². The first kappa shape index (κ1) is 25.9. The Balaban J connectivity index is 1.40. The Morgan fingerprint density at radius 3 is 2.81 bits per heavy atom. The number of thiazole rings is 1. The van der Waals surface area contributed by atoms with Gasteiger partial charge in [-0.25, -0.2) is 4.98 Å². The van der Waals surface area contributed by atoms with Crippen molar-refractivity contribution in [2.45, 2.75) is 91.0 Å². The summed E-state index contributed by atoms with van der Waals surface area (Å²) in [6.07, 6.45) is 17.6. The predicted molar refractivity (Wildman–Crippen MR) is 153 cm³/mol. The summed E-state index contributed by atoms with van der Waals surface area (Å²) in [5.41, 5.74) is 7.55. The number of carbonyl (C=O) groups excluding carboxylic acids is 1. The zero-order chi connectivity index (χ0) is 25.6. The Morgan fingerprint density at radius 2 is 2.03 bits per heavy atom. The Morgan fingerprint density at radius 1 is 1.16 bits per heavy atom. The Kier molecular flexibility index (Phi) is 8.55. The third-order valence-electron chi connectivity index (χ3n) is 8.09. The van der Waals surface area contributed by atoms with Crippen molar-refractivity contribution in [3.05, 3.63) is 58.4 Å². The molecule has 0 radical (unpaired) electrons. The normalized spacial score (nSPS) is 16.5. The Bertz CT molecular complexity index is 1250. The molecule has 3 aromatic rings. The second kappa shape index (κ2) is 12.2. The van der Waals surface area contributed by atoms with Crippen molar-refractivity contribution in [2.75, 3.05) is 6.54 Å². The molecule has 0 spiro atoms. The molecule has 37 heavy (non-hydrogen) atoms. The molecule has 2 aliphatic rings. The van der Waals surface area contributed by atoms with E-state index >= 15 is 0 Å². The quantitative estimate of drug-likeness (QED) is 0.296. The number of pyridine rings is 1. The standard InChI is InChI=1S/C31H40N4OS/c1-3-26-18-25(15-17-32-26)31-34-28(21-37-31)29-19-27(22(2)35(29)20-24-12-8-5-9-13-24)30(36)33-16-14-23-10-6-4-7-11-23/h10,15,17-19,21,24H,3-9,11-14,16,20H2,1-2H3,(H,33,36). The van der Waals surface area contributed by atoms with Gasteiger partial charge >= 0.3 is 0 Å². The van der Waals surface area contributed by atoms with Crippen LogP contribution >= 0.6 is 11.3 Å². The highest BCUT2D eigenvalue weighted by atomic mass is 32.1. The summed E-state index contributed by atoms with van der Waals surface area (Å²) in [6.45, 7) is 5.90. The topological polar surface area (TPSA) is 59.8 Å². The minimum absolute atomic E-state index is 0.0368. The van der Waals surface area contributed by atoms with Crippen LogP contribution in [0.1, 0.15) is 92.9 Å². The van der Waals surface area contributed by atoms with Gasteiger partial charge in [-0.2, -0.15) is 0 Å².